The van der Waals surface area contributed by atoms with Crippen molar-refractivity contribution in [3.8, 4) is 0 Å². The fourth-order valence-corrected chi connectivity index (χ4v) is 5.22. The SMILES string of the molecule is O=C(Cc1[nH]nc2ccccc12)N1C[C@H]2CCC[C@](O)(c3ccccc3)[C@H]2C1. The molecule has 2 fully saturated rings. The molecule has 28 heavy (non-hydrogen) atoms. The lowest BCUT2D eigenvalue weighted by Gasteiger charge is -2.41. The Morgan fingerprint density at radius 3 is 2.79 bits per heavy atom. The minimum Gasteiger partial charge on any atom is -0.385 e. The number of aromatic amines is 1. The van der Waals surface area contributed by atoms with Gasteiger partial charge in [0.25, 0.3) is 0 Å². The summed E-state index contributed by atoms with van der Waals surface area (Å²) in [6.07, 6.45) is 3.17. The molecule has 0 radical (unpaired) electrons. The van der Waals surface area contributed by atoms with Gasteiger partial charge in [0.15, 0.2) is 0 Å². The predicted octanol–water partition coefficient (Wildman–Crippen LogP) is 3.25. The van der Waals surface area contributed by atoms with E-state index in [1.807, 2.05) is 59.5 Å². The van der Waals surface area contributed by atoms with Crippen LogP contribution in [-0.2, 0) is 16.8 Å². The zero-order valence-electron chi connectivity index (χ0n) is 15.8. The molecule has 3 atom stereocenters. The Hall–Kier alpha value is -2.66. The molecule has 1 amide bonds. The zero-order chi connectivity index (χ0) is 19.1. The summed E-state index contributed by atoms with van der Waals surface area (Å²) in [6, 6.07) is 17.8. The van der Waals surface area contributed by atoms with Gasteiger partial charge in [-0.2, -0.15) is 5.10 Å². The predicted molar refractivity (Wildman–Crippen MR) is 108 cm³/mol. The highest BCUT2D eigenvalue weighted by Gasteiger charge is 2.50. The molecule has 2 aliphatic rings. The number of rotatable bonds is 3. The van der Waals surface area contributed by atoms with Crippen molar-refractivity contribution in [1.82, 2.24) is 15.1 Å². The summed E-state index contributed by atoms with van der Waals surface area (Å²) in [4.78, 5) is 15.0. The van der Waals surface area contributed by atoms with Crippen LogP contribution < -0.4 is 0 Å². The first-order valence-corrected chi connectivity index (χ1v) is 10.1. The van der Waals surface area contributed by atoms with Gasteiger partial charge >= 0.3 is 0 Å². The molecule has 1 saturated heterocycles. The molecule has 2 aromatic carbocycles. The highest BCUT2D eigenvalue weighted by atomic mass is 16.3. The van der Waals surface area contributed by atoms with Gasteiger partial charge in [-0.3, -0.25) is 9.89 Å². The van der Waals surface area contributed by atoms with Crippen molar-refractivity contribution in [3.63, 3.8) is 0 Å². The van der Waals surface area contributed by atoms with Crippen LogP contribution in [0.5, 0.6) is 0 Å². The summed E-state index contributed by atoms with van der Waals surface area (Å²) in [7, 11) is 0. The molecule has 1 aromatic heterocycles. The van der Waals surface area contributed by atoms with E-state index in [4.69, 9.17) is 0 Å². The molecule has 0 bridgehead atoms. The minimum atomic E-state index is -0.833. The minimum absolute atomic E-state index is 0.103. The van der Waals surface area contributed by atoms with Crippen LogP contribution in [0.1, 0.15) is 30.5 Å². The third-order valence-electron chi connectivity index (χ3n) is 6.68. The Balaban J connectivity index is 1.36. The van der Waals surface area contributed by atoms with Crippen LogP contribution >= 0.6 is 0 Å². The highest BCUT2D eigenvalue weighted by molar-refractivity contribution is 5.87. The molecule has 5 rings (SSSR count). The Bertz CT molecular complexity index is 999. The number of nitrogens with zero attached hydrogens (tertiary/aromatic N) is 2. The molecule has 1 saturated carbocycles. The van der Waals surface area contributed by atoms with Crippen LogP contribution in [0.15, 0.2) is 54.6 Å². The van der Waals surface area contributed by atoms with E-state index in [-0.39, 0.29) is 11.8 Å². The van der Waals surface area contributed by atoms with E-state index in [1.165, 1.54) is 0 Å². The molecule has 0 spiro atoms. The Labute approximate surface area is 164 Å². The fraction of sp³-hybridized carbons (Fsp3) is 0.391. The van der Waals surface area contributed by atoms with Crippen molar-refractivity contribution in [3.05, 3.63) is 65.9 Å². The maximum absolute atomic E-state index is 13.0. The lowest BCUT2D eigenvalue weighted by molar-refractivity contribution is -0.130. The normalized spacial score (nSPS) is 27.1. The summed E-state index contributed by atoms with van der Waals surface area (Å²) in [5.41, 5.74) is 1.91. The van der Waals surface area contributed by atoms with Gasteiger partial charge in [0.2, 0.25) is 5.91 Å². The lowest BCUT2D eigenvalue weighted by atomic mass is 9.67. The number of hydrogen-bond donors (Lipinski definition) is 2. The number of H-pyrrole nitrogens is 1. The first-order chi connectivity index (χ1) is 13.6. The van der Waals surface area contributed by atoms with Crippen molar-refractivity contribution >= 4 is 16.8 Å². The fourth-order valence-electron chi connectivity index (χ4n) is 5.22. The van der Waals surface area contributed by atoms with E-state index >= 15 is 0 Å². The Morgan fingerprint density at radius 1 is 1.14 bits per heavy atom. The van der Waals surface area contributed by atoms with Gasteiger partial charge in [-0.1, -0.05) is 48.5 Å². The van der Waals surface area contributed by atoms with Gasteiger partial charge in [0.05, 0.1) is 23.2 Å². The summed E-state index contributed by atoms with van der Waals surface area (Å²) < 4.78 is 0. The van der Waals surface area contributed by atoms with E-state index in [2.05, 4.69) is 10.2 Å². The molecule has 0 unspecified atom stereocenters. The highest BCUT2D eigenvalue weighted by Crippen LogP contribution is 2.48. The number of aliphatic hydroxyl groups is 1. The van der Waals surface area contributed by atoms with Gasteiger partial charge in [-0.05, 0) is 36.8 Å². The number of carbonyl (C=O) groups is 1. The first kappa shape index (κ1) is 17.4. The van der Waals surface area contributed by atoms with E-state index in [1.54, 1.807) is 0 Å². The van der Waals surface area contributed by atoms with Gasteiger partial charge in [-0.25, -0.2) is 0 Å². The molecule has 3 aromatic rings. The van der Waals surface area contributed by atoms with E-state index in [9.17, 15) is 9.90 Å². The quantitative estimate of drug-likeness (QED) is 0.738. The summed E-state index contributed by atoms with van der Waals surface area (Å²) in [5, 5.41) is 19.9. The molecule has 5 heteroatoms. The number of hydrogen-bond acceptors (Lipinski definition) is 3. The number of benzene rings is 2. The molecular formula is C23H25N3O2. The van der Waals surface area contributed by atoms with Gasteiger partial charge < -0.3 is 10.0 Å². The number of likely N-dealkylation sites (tertiary alicyclic amines) is 1. The molecule has 2 heterocycles. The number of carbonyl (C=O) groups excluding carboxylic acids is 1. The van der Waals surface area contributed by atoms with Crippen LogP contribution in [0.2, 0.25) is 0 Å². The molecule has 5 nitrogen and oxygen atoms in total. The van der Waals surface area contributed by atoms with Gasteiger partial charge in [0.1, 0.15) is 0 Å². The lowest BCUT2D eigenvalue weighted by Crippen LogP contribution is -2.43. The van der Waals surface area contributed by atoms with Crippen molar-refractivity contribution in [2.75, 3.05) is 13.1 Å². The molecule has 1 aliphatic carbocycles. The maximum atomic E-state index is 13.0. The van der Waals surface area contributed by atoms with Gasteiger partial charge in [-0.15, -0.1) is 0 Å². The first-order valence-electron chi connectivity index (χ1n) is 10.1. The maximum Gasteiger partial charge on any atom is 0.228 e. The van der Waals surface area contributed by atoms with E-state index in [0.29, 0.717) is 18.9 Å². The van der Waals surface area contributed by atoms with Gasteiger partial charge in [0, 0.05) is 24.4 Å². The molecule has 1 aliphatic heterocycles. The topological polar surface area (TPSA) is 69.2 Å². The third-order valence-corrected chi connectivity index (χ3v) is 6.68. The van der Waals surface area contributed by atoms with Crippen molar-refractivity contribution < 1.29 is 9.90 Å². The second-order valence-corrected chi connectivity index (χ2v) is 8.24. The third kappa shape index (κ3) is 2.81. The zero-order valence-corrected chi connectivity index (χ0v) is 15.8. The Morgan fingerprint density at radius 2 is 1.93 bits per heavy atom. The number of aromatic nitrogens is 2. The van der Waals surface area contributed by atoms with Crippen molar-refractivity contribution in [2.24, 2.45) is 11.8 Å². The van der Waals surface area contributed by atoms with E-state index < -0.39 is 5.60 Å². The standard InChI is InChI=1S/C23H25N3O2/c27-22(13-21-18-10-4-5-11-20(18)24-25-21)26-14-16-7-6-12-23(28,19(16)15-26)17-8-2-1-3-9-17/h1-5,8-11,16,19,28H,6-7,12-15H2,(H,24,25)/t16-,19+,23+/m1/s1. The second-order valence-electron chi connectivity index (χ2n) is 8.24. The number of para-hydroxylation sites is 1. The number of nitrogens with one attached hydrogen (secondary N) is 1. The summed E-state index contributed by atoms with van der Waals surface area (Å²) in [5.74, 6) is 0.576. The second kappa shape index (κ2) is 6.74. The van der Waals surface area contributed by atoms with Crippen molar-refractivity contribution in [1.29, 1.82) is 0 Å². The number of fused-ring (bicyclic) bond motifs is 2. The Kier molecular flexibility index (Phi) is 4.20. The smallest absolute Gasteiger partial charge is 0.228 e. The molecule has 2 N–H and O–H groups in total. The monoisotopic (exact) mass is 375 g/mol. The van der Waals surface area contributed by atoms with Crippen molar-refractivity contribution in [2.45, 2.75) is 31.3 Å². The number of amides is 1. The van der Waals surface area contributed by atoms with Crippen LogP contribution in [0, 0.1) is 11.8 Å². The van der Waals surface area contributed by atoms with Crippen LogP contribution in [0.25, 0.3) is 10.9 Å². The molecular weight excluding hydrogens is 350 g/mol. The van der Waals surface area contributed by atoms with E-state index in [0.717, 1.165) is 48.0 Å². The van der Waals surface area contributed by atoms with Crippen LogP contribution in [0.3, 0.4) is 0 Å². The summed E-state index contributed by atoms with van der Waals surface area (Å²) >= 11 is 0. The average molecular weight is 375 g/mol. The largest absolute Gasteiger partial charge is 0.385 e. The van der Waals surface area contributed by atoms with Crippen LogP contribution in [-0.4, -0.2) is 39.2 Å². The average Bonchev–Trinajstić information content (AvgIpc) is 3.34. The van der Waals surface area contributed by atoms with Crippen LogP contribution in [0.4, 0.5) is 0 Å². The molecule has 144 valence electrons. The summed E-state index contributed by atoms with van der Waals surface area (Å²) in [6.45, 7) is 1.37.